The Morgan fingerprint density at radius 3 is 1.60 bits per heavy atom. The summed E-state index contributed by atoms with van der Waals surface area (Å²) < 4.78 is 85.4. The van der Waals surface area contributed by atoms with Gasteiger partial charge in [-0.15, -0.1) is 0 Å². The first-order valence-electron chi connectivity index (χ1n) is 14.4. The van der Waals surface area contributed by atoms with Crippen LogP contribution >= 0.6 is 22.4 Å². The Morgan fingerprint density at radius 1 is 0.745 bits per heavy atom. The molecule has 0 spiro atoms. The summed E-state index contributed by atoms with van der Waals surface area (Å²) in [6.45, 7) is 4.79. The molecule has 23 heteroatoms. The third-order valence-electron chi connectivity index (χ3n) is 6.33. The fourth-order valence-electron chi connectivity index (χ4n) is 4.65. The molecule has 47 heavy (non-hydrogen) atoms. The summed E-state index contributed by atoms with van der Waals surface area (Å²) in [5, 5.41) is 8.71. The summed E-state index contributed by atoms with van der Waals surface area (Å²) in [5.41, 5.74) is 0. The highest BCUT2D eigenvalue weighted by atomic mass is 31.2. The second-order valence-electron chi connectivity index (χ2n) is 10.7. The van der Waals surface area contributed by atoms with Crippen molar-refractivity contribution in [3.05, 3.63) is 0 Å². The highest BCUT2D eigenvalue weighted by Gasteiger charge is 2.44. The number of aliphatic hydroxyl groups excluding tert-OH is 1. The number of hydrogen-bond donors (Lipinski definition) is 1. The second-order valence-corrected chi connectivity index (χ2v) is 15.3. The summed E-state index contributed by atoms with van der Waals surface area (Å²) in [5.74, 6) is 0. The third-order valence-corrected chi connectivity index (χ3v) is 8.18. The van der Waals surface area contributed by atoms with Gasteiger partial charge in [0.15, 0.2) is 0 Å². The molecule has 3 aliphatic heterocycles. The SMILES string of the molecule is [B][C@@H]1O[C@H](COC)[C@H](OP(C)(=O)[O-])C1OCCCO.[B][C@H]1C[C@@H](OP(C)(=O)[O-])[C@@H](COC)O1.[B][C@H]1C[C@@H](OP([BH3-])(C)=O)[C@@H](COC)O1. The van der Waals surface area contributed by atoms with E-state index in [-0.39, 0.29) is 52.2 Å². The minimum Gasteiger partial charge on any atom is -0.779 e. The molecule has 270 valence electrons. The van der Waals surface area contributed by atoms with Crippen LogP contribution in [0.3, 0.4) is 0 Å². The number of aliphatic hydroxyl groups is 1. The maximum Gasteiger partial charge on any atom is 0.132 e. The molecule has 6 radical (unpaired) electrons. The molecule has 0 amide bonds. The Morgan fingerprint density at radius 2 is 1.19 bits per heavy atom. The largest absolute Gasteiger partial charge is 0.779 e. The van der Waals surface area contributed by atoms with E-state index in [0.717, 1.165) is 13.3 Å². The maximum absolute atomic E-state index is 11.6. The molecule has 0 aliphatic carbocycles. The van der Waals surface area contributed by atoms with E-state index in [1.54, 1.807) is 13.8 Å². The van der Waals surface area contributed by atoms with E-state index in [1.165, 1.54) is 14.2 Å². The first-order valence-corrected chi connectivity index (χ1v) is 20.0. The van der Waals surface area contributed by atoms with Gasteiger partial charge in [0.25, 0.3) is 0 Å². The van der Waals surface area contributed by atoms with Gasteiger partial charge in [0.2, 0.25) is 0 Å². The van der Waals surface area contributed by atoms with Gasteiger partial charge in [-0.05, 0) is 25.9 Å². The molecule has 0 aromatic heterocycles. The number of rotatable bonds is 16. The Balaban J connectivity index is 0.000000359. The molecule has 3 aliphatic rings. The molecule has 3 fully saturated rings. The smallest absolute Gasteiger partial charge is 0.132 e. The van der Waals surface area contributed by atoms with Gasteiger partial charge in [0.1, 0.15) is 69.3 Å². The van der Waals surface area contributed by atoms with E-state index in [0.29, 0.717) is 25.9 Å². The lowest BCUT2D eigenvalue weighted by atomic mass is 9.93. The van der Waals surface area contributed by atoms with Crippen molar-refractivity contribution in [2.45, 2.75) is 80.0 Å². The van der Waals surface area contributed by atoms with Crippen molar-refractivity contribution in [3.63, 3.8) is 0 Å². The van der Waals surface area contributed by atoms with Crippen LogP contribution in [-0.4, -0.2) is 171 Å². The Bertz CT molecular complexity index is 971. The lowest BCUT2D eigenvalue weighted by Gasteiger charge is -2.29. The third kappa shape index (κ3) is 19.0. The van der Waals surface area contributed by atoms with Gasteiger partial charge in [-0.2, -0.15) is 0 Å². The molecule has 0 aromatic rings. The molecule has 0 bridgehead atoms. The van der Waals surface area contributed by atoms with Crippen molar-refractivity contribution < 1.29 is 75.3 Å². The maximum atomic E-state index is 11.6. The normalized spacial score (nSPS) is 35.9. The first-order chi connectivity index (χ1) is 21.7. The summed E-state index contributed by atoms with van der Waals surface area (Å²) in [4.78, 5) is 22.2. The fourth-order valence-corrected chi connectivity index (χ4v) is 6.67. The molecule has 0 aromatic carbocycles. The summed E-state index contributed by atoms with van der Waals surface area (Å²) >= 11 is 0. The zero-order valence-electron chi connectivity index (χ0n) is 27.1. The molecule has 3 rings (SSSR count). The van der Waals surface area contributed by atoms with Crippen LogP contribution in [0, 0.1) is 0 Å². The van der Waals surface area contributed by atoms with E-state index in [2.05, 4.69) is 0 Å². The molecule has 3 heterocycles. The van der Waals surface area contributed by atoms with Gasteiger partial charge < -0.3 is 75.3 Å². The van der Waals surface area contributed by atoms with E-state index in [4.69, 9.17) is 75.4 Å². The monoisotopic (exact) mass is 729 g/mol. The average Bonchev–Trinajstić information content (AvgIpc) is 3.52. The standard InChI is InChI=1S/C10H20BO7P.C7H16B2O4P.C7H14BO5P/c1-15-6-7-8(18-19(2,13)14)9(10(11)17-7)16-5-3-4-12;2*1-11-4-6-5(3-7(8)12-6)13-14(2,9)10/h7-10,12H,3-6H2,1-2H3,(H,13,14);5-7H,3-4H2,1-2,9H3;5-7H,3-4H2,1-2H3,(H,9,10)/q;-1;/p-2/t7-,8+,9?,10-;5-,6-,7-,14?;5-,6-,7-/m111/s1. The van der Waals surface area contributed by atoms with Crippen molar-refractivity contribution in [2.75, 3.05) is 74.4 Å². The van der Waals surface area contributed by atoms with Crippen LogP contribution in [0.2, 0.25) is 0 Å². The van der Waals surface area contributed by atoms with Gasteiger partial charge in [-0.3, -0.25) is 0 Å². The molecular formula is C24H48B4O16P3-3. The predicted molar refractivity (Wildman–Crippen MR) is 175 cm³/mol. The van der Waals surface area contributed by atoms with Crippen LogP contribution in [0.25, 0.3) is 0 Å². The predicted octanol–water partition coefficient (Wildman–Crippen LogP) is -2.16. The van der Waals surface area contributed by atoms with Gasteiger partial charge in [0, 0.05) is 73.1 Å². The quantitative estimate of drug-likeness (QED) is 0.102. The van der Waals surface area contributed by atoms with E-state index >= 15 is 0 Å². The molecule has 3 saturated heterocycles. The lowest BCUT2D eigenvalue weighted by Crippen LogP contribution is -2.39. The van der Waals surface area contributed by atoms with Crippen molar-refractivity contribution in [1.29, 1.82) is 0 Å². The Labute approximate surface area is 283 Å². The Kier molecular flexibility index (Phi) is 21.0. The zero-order valence-corrected chi connectivity index (χ0v) is 29.8. The molecular weight excluding hydrogens is 680 g/mol. The fraction of sp³-hybridized carbons (Fsp3) is 1.00. The number of methoxy groups -OCH3 is 3. The zero-order chi connectivity index (χ0) is 36.0. The molecule has 4 unspecified atom stereocenters. The summed E-state index contributed by atoms with van der Waals surface area (Å²) in [6, 6.07) is -1.59. The minimum absolute atomic E-state index is 0.0241. The summed E-state index contributed by atoms with van der Waals surface area (Å²) in [6.07, 6.45) is -2.02. The first kappa shape index (κ1) is 45.5. The van der Waals surface area contributed by atoms with Crippen molar-refractivity contribution in [2.24, 2.45) is 0 Å². The van der Waals surface area contributed by atoms with E-state index < -0.39 is 65.0 Å². The van der Waals surface area contributed by atoms with Crippen molar-refractivity contribution in [3.8, 4) is 0 Å². The van der Waals surface area contributed by atoms with Crippen molar-refractivity contribution >= 4 is 53.5 Å². The summed E-state index contributed by atoms with van der Waals surface area (Å²) in [7, 11) is 11.3. The van der Waals surface area contributed by atoms with Crippen LogP contribution in [0.5, 0.6) is 0 Å². The van der Waals surface area contributed by atoms with Gasteiger partial charge in [0.05, 0.1) is 39.6 Å². The average molecular weight is 729 g/mol. The second kappa shape index (κ2) is 21.7. The minimum atomic E-state index is -3.95. The van der Waals surface area contributed by atoms with Crippen LogP contribution in [0.1, 0.15) is 19.3 Å². The van der Waals surface area contributed by atoms with E-state index in [9.17, 15) is 23.5 Å². The van der Waals surface area contributed by atoms with Gasteiger partial charge >= 0.3 is 0 Å². The molecule has 0 saturated carbocycles. The highest BCUT2D eigenvalue weighted by Crippen LogP contribution is 2.42. The number of hydrogen-bond acceptors (Lipinski definition) is 16. The van der Waals surface area contributed by atoms with E-state index in [1.807, 2.05) is 0 Å². The van der Waals surface area contributed by atoms with Gasteiger partial charge in [-0.1, -0.05) is 0 Å². The van der Waals surface area contributed by atoms with Crippen LogP contribution in [0.15, 0.2) is 0 Å². The number of ether oxygens (including phenoxy) is 7. The molecule has 13 atom stereocenters. The molecule has 1 N–H and O–H groups in total. The molecule has 16 nitrogen and oxygen atoms in total. The topological polar surface area (TPSA) is 210 Å². The van der Waals surface area contributed by atoms with Crippen molar-refractivity contribution in [1.82, 2.24) is 0 Å². The van der Waals surface area contributed by atoms with Crippen LogP contribution < -0.4 is 9.79 Å². The lowest BCUT2D eigenvalue weighted by molar-refractivity contribution is -0.206. The van der Waals surface area contributed by atoms with Crippen LogP contribution in [-0.2, 0) is 60.4 Å². The van der Waals surface area contributed by atoms with Gasteiger partial charge in [-0.25, -0.2) is 0 Å². The Hall–Kier alpha value is 0.430. The highest BCUT2D eigenvalue weighted by molar-refractivity contribution is 7.82. The van der Waals surface area contributed by atoms with Crippen LogP contribution in [0.4, 0.5) is 0 Å².